The molecule has 1 saturated carbocycles. The SMILES string of the molecule is Cc1ccc(CN2C(=O)C(C(=O)OCC#N)=C(N3CCN(C(=O)c4ccc(Cl)c(Cl)c4)CC3)C3CCCCC32)cc1. The van der Waals surface area contributed by atoms with Gasteiger partial charge in [0, 0.05) is 55.9 Å². The van der Waals surface area contributed by atoms with E-state index in [1.807, 2.05) is 42.2 Å². The van der Waals surface area contributed by atoms with Crippen molar-refractivity contribution in [2.75, 3.05) is 32.8 Å². The summed E-state index contributed by atoms with van der Waals surface area (Å²) >= 11 is 12.2. The van der Waals surface area contributed by atoms with Crippen LogP contribution in [0.15, 0.2) is 53.7 Å². The van der Waals surface area contributed by atoms with Crippen molar-refractivity contribution in [3.63, 3.8) is 0 Å². The van der Waals surface area contributed by atoms with Crippen molar-refractivity contribution in [2.45, 2.75) is 45.2 Å². The van der Waals surface area contributed by atoms with Gasteiger partial charge in [-0.1, -0.05) is 65.9 Å². The fraction of sp³-hybridized carbons (Fsp3) is 0.419. The molecule has 2 fully saturated rings. The van der Waals surface area contributed by atoms with Crippen molar-refractivity contribution in [3.05, 3.63) is 80.5 Å². The Kier molecular flexibility index (Phi) is 8.86. The van der Waals surface area contributed by atoms with Gasteiger partial charge in [-0.05, 0) is 43.5 Å². The number of aryl methyl sites for hydroxylation is 1. The first-order valence-electron chi connectivity index (χ1n) is 13.9. The Morgan fingerprint density at radius 2 is 1.71 bits per heavy atom. The molecule has 2 aromatic carbocycles. The van der Waals surface area contributed by atoms with Crippen LogP contribution >= 0.6 is 23.2 Å². The van der Waals surface area contributed by atoms with Crippen molar-refractivity contribution in [2.24, 2.45) is 5.92 Å². The zero-order valence-electron chi connectivity index (χ0n) is 22.9. The fourth-order valence-corrected chi connectivity index (χ4v) is 6.49. The highest BCUT2D eigenvalue weighted by Gasteiger charge is 2.47. The van der Waals surface area contributed by atoms with Crippen LogP contribution in [0.4, 0.5) is 0 Å². The molecule has 2 atom stereocenters. The molecule has 0 spiro atoms. The van der Waals surface area contributed by atoms with Crippen molar-refractivity contribution in [1.82, 2.24) is 14.7 Å². The molecule has 41 heavy (non-hydrogen) atoms. The van der Waals surface area contributed by atoms with Crippen LogP contribution in [0.3, 0.4) is 0 Å². The van der Waals surface area contributed by atoms with Crippen LogP contribution in [0.1, 0.15) is 47.2 Å². The summed E-state index contributed by atoms with van der Waals surface area (Å²) in [5, 5.41) is 9.76. The molecule has 2 amide bonds. The van der Waals surface area contributed by atoms with Crippen LogP contribution < -0.4 is 0 Å². The molecule has 8 nitrogen and oxygen atoms in total. The Morgan fingerprint density at radius 3 is 2.39 bits per heavy atom. The highest BCUT2D eigenvalue weighted by molar-refractivity contribution is 6.42. The van der Waals surface area contributed by atoms with E-state index in [4.69, 9.17) is 33.2 Å². The first-order valence-corrected chi connectivity index (χ1v) is 14.7. The van der Waals surface area contributed by atoms with Crippen molar-refractivity contribution in [1.29, 1.82) is 5.26 Å². The summed E-state index contributed by atoms with van der Waals surface area (Å²) in [6.45, 7) is 3.75. The number of nitrogens with zero attached hydrogens (tertiary/aromatic N) is 4. The maximum Gasteiger partial charge on any atom is 0.346 e. The molecular weight excluding hydrogens is 563 g/mol. The van der Waals surface area contributed by atoms with E-state index in [2.05, 4.69) is 4.90 Å². The normalized spacial score (nSPS) is 20.9. The number of esters is 1. The third-order valence-corrected chi connectivity index (χ3v) is 8.97. The summed E-state index contributed by atoms with van der Waals surface area (Å²) in [6, 6.07) is 14.7. The summed E-state index contributed by atoms with van der Waals surface area (Å²) < 4.78 is 5.23. The van der Waals surface area contributed by atoms with E-state index in [0.717, 1.165) is 36.8 Å². The van der Waals surface area contributed by atoms with Crippen molar-refractivity contribution >= 4 is 41.0 Å². The highest BCUT2D eigenvalue weighted by atomic mass is 35.5. The average molecular weight is 596 g/mol. The Hall–Kier alpha value is -3.54. The lowest BCUT2D eigenvalue weighted by Gasteiger charge is -2.49. The molecule has 2 aliphatic heterocycles. The Balaban J connectivity index is 1.44. The van der Waals surface area contributed by atoms with Crippen molar-refractivity contribution in [3.8, 4) is 6.07 Å². The molecule has 2 aromatic rings. The van der Waals surface area contributed by atoms with Gasteiger partial charge in [0.05, 0.1) is 10.0 Å². The monoisotopic (exact) mass is 594 g/mol. The molecule has 5 rings (SSSR count). The summed E-state index contributed by atoms with van der Waals surface area (Å²) in [5.74, 6) is -1.31. The first kappa shape index (κ1) is 29.0. The topological polar surface area (TPSA) is 93.9 Å². The van der Waals surface area contributed by atoms with Gasteiger partial charge in [0.1, 0.15) is 11.6 Å². The fourth-order valence-electron chi connectivity index (χ4n) is 6.19. The molecule has 2 heterocycles. The van der Waals surface area contributed by atoms with Gasteiger partial charge in [-0.3, -0.25) is 9.59 Å². The third-order valence-electron chi connectivity index (χ3n) is 8.23. The zero-order valence-corrected chi connectivity index (χ0v) is 24.5. The zero-order chi connectivity index (χ0) is 29.1. The standard InChI is InChI=1S/C31H32Cl2N4O4/c1-20-6-8-21(9-7-20)19-37-26-5-3-2-4-23(26)28(27(30(37)39)31(40)41-17-12-34)35-13-15-36(16-14-35)29(38)22-10-11-24(32)25(33)18-22/h6-11,18,23,26H,2-5,13-17,19H2,1H3. The number of piperazine rings is 1. The number of hydrogen-bond acceptors (Lipinski definition) is 6. The number of ether oxygens (including phenoxy) is 1. The van der Waals surface area contributed by atoms with Crippen LogP contribution in [-0.4, -0.2) is 71.3 Å². The average Bonchev–Trinajstić information content (AvgIpc) is 2.99. The quantitative estimate of drug-likeness (QED) is 0.346. The number of carbonyl (C=O) groups is 3. The summed E-state index contributed by atoms with van der Waals surface area (Å²) in [6.07, 6.45) is 3.69. The van der Waals surface area contributed by atoms with E-state index < -0.39 is 12.6 Å². The lowest BCUT2D eigenvalue weighted by atomic mass is 9.76. The van der Waals surface area contributed by atoms with E-state index in [-0.39, 0.29) is 29.3 Å². The molecule has 2 unspecified atom stereocenters. The Morgan fingerprint density at radius 1 is 1.00 bits per heavy atom. The largest absolute Gasteiger partial charge is 0.446 e. The Bertz CT molecular complexity index is 1410. The van der Waals surface area contributed by atoms with Crippen LogP contribution in [0, 0.1) is 24.2 Å². The molecule has 1 saturated heterocycles. The van der Waals surface area contributed by atoms with Gasteiger partial charge in [0.2, 0.25) is 0 Å². The second kappa shape index (κ2) is 12.5. The Labute approximate surface area is 250 Å². The lowest BCUT2D eigenvalue weighted by molar-refractivity contribution is -0.145. The van der Waals surface area contributed by atoms with E-state index in [0.29, 0.717) is 54.0 Å². The number of halogens is 2. The molecule has 0 N–H and O–H groups in total. The predicted octanol–water partition coefficient (Wildman–Crippen LogP) is 4.98. The maximum absolute atomic E-state index is 14.1. The summed E-state index contributed by atoms with van der Waals surface area (Å²) in [5.41, 5.74) is 3.30. The van der Waals surface area contributed by atoms with Crippen molar-refractivity contribution < 1.29 is 19.1 Å². The second-order valence-corrected chi connectivity index (χ2v) is 11.6. The predicted molar refractivity (Wildman–Crippen MR) is 155 cm³/mol. The van der Waals surface area contributed by atoms with E-state index in [9.17, 15) is 14.4 Å². The van der Waals surface area contributed by atoms with Gasteiger partial charge in [0.25, 0.3) is 11.8 Å². The maximum atomic E-state index is 14.1. The van der Waals surface area contributed by atoms with E-state index >= 15 is 0 Å². The minimum absolute atomic E-state index is 0.0137. The minimum atomic E-state index is -0.765. The molecule has 10 heteroatoms. The van der Waals surface area contributed by atoms with Crippen LogP contribution in [-0.2, 0) is 20.9 Å². The van der Waals surface area contributed by atoms with Gasteiger partial charge in [-0.15, -0.1) is 0 Å². The molecule has 0 radical (unpaired) electrons. The van der Waals surface area contributed by atoms with Gasteiger partial charge in [0.15, 0.2) is 6.61 Å². The lowest BCUT2D eigenvalue weighted by Crippen LogP contribution is -2.57. The number of carbonyl (C=O) groups excluding carboxylic acids is 3. The van der Waals surface area contributed by atoms with Gasteiger partial charge < -0.3 is 19.4 Å². The molecule has 214 valence electrons. The number of nitriles is 1. The molecule has 0 bridgehead atoms. The summed E-state index contributed by atoms with van der Waals surface area (Å²) in [4.78, 5) is 46.3. The van der Waals surface area contributed by atoms with Gasteiger partial charge >= 0.3 is 5.97 Å². The molecule has 0 aromatic heterocycles. The van der Waals surface area contributed by atoms with E-state index in [1.54, 1.807) is 23.1 Å². The van der Waals surface area contributed by atoms with E-state index in [1.165, 1.54) is 0 Å². The molecule has 1 aliphatic carbocycles. The van der Waals surface area contributed by atoms with Crippen LogP contribution in [0.5, 0.6) is 0 Å². The number of benzene rings is 2. The molecular formula is C31H32Cl2N4O4. The van der Waals surface area contributed by atoms with Crippen LogP contribution in [0.25, 0.3) is 0 Å². The van der Waals surface area contributed by atoms with Crippen LogP contribution in [0.2, 0.25) is 10.0 Å². The van der Waals surface area contributed by atoms with Gasteiger partial charge in [-0.25, -0.2) is 4.79 Å². The number of amides is 2. The van der Waals surface area contributed by atoms with Gasteiger partial charge in [-0.2, -0.15) is 5.26 Å². The summed E-state index contributed by atoms with van der Waals surface area (Å²) in [7, 11) is 0. The smallest absolute Gasteiger partial charge is 0.346 e. The number of hydrogen-bond donors (Lipinski definition) is 0. The second-order valence-electron chi connectivity index (χ2n) is 10.8. The number of rotatable bonds is 6. The molecule has 3 aliphatic rings. The number of fused-ring (bicyclic) bond motifs is 1. The first-order chi connectivity index (χ1) is 19.8. The third kappa shape index (κ3) is 6.07. The highest BCUT2D eigenvalue weighted by Crippen LogP contribution is 2.42. The minimum Gasteiger partial charge on any atom is -0.446 e.